The van der Waals surface area contributed by atoms with Gasteiger partial charge in [-0.1, -0.05) is 12.7 Å². The van der Waals surface area contributed by atoms with Crippen LogP contribution in [-0.2, 0) is 0 Å². The molecule has 0 atom stereocenters. The molecule has 0 saturated heterocycles. The van der Waals surface area contributed by atoms with Crippen LogP contribution in [0.5, 0.6) is 0 Å². The van der Waals surface area contributed by atoms with Crippen molar-refractivity contribution in [3.05, 3.63) is 12.7 Å². The van der Waals surface area contributed by atoms with Crippen LogP contribution in [0.2, 0.25) is 0 Å². The van der Waals surface area contributed by atoms with Crippen LogP contribution in [0.1, 0.15) is 12.8 Å². The molecule has 0 N–H and O–H groups in total. The largest absolute Gasteiger partial charge is 0.290 e. The predicted molar refractivity (Wildman–Crippen MR) is 31.7 cm³/mol. The van der Waals surface area contributed by atoms with Gasteiger partial charge in [0.25, 0.3) is 0 Å². The molecule has 7 heavy (non-hydrogen) atoms. The van der Waals surface area contributed by atoms with E-state index in [0.717, 1.165) is 0 Å². The molecule has 1 heteroatoms. The second-order valence-electron chi connectivity index (χ2n) is 1.77. The maximum absolute atomic E-state index is 4.11. The van der Waals surface area contributed by atoms with Gasteiger partial charge in [-0.15, -0.1) is 0 Å². The molecule has 0 amide bonds. The van der Waals surface area contributed by atoms with Crippen LogP contribution < -0.4 is 0 Å². The minimum Gasteiger partial charge on any atom is -0.290 e. The second-order valence-corrected chi connectivity index (χ2v) is 1.77. The maximum atomic E-state index is 4.11. The summed E-state index contributed by atoms with van der Waals surface area (Å²) in [5, 5.41) is 0. The van der Waals surface area contributed by atoms with E-state index in [-0.39, 0.29) is 0 Å². The van der Waals surface area contributed by atoms with Crippen molar-refractivity contribution >= 4 is 6.21 Å². The highest BCUT2D eigenvalue weighted by atomic mass is 14.8. The van der Waals surface area contributed by atoms with Gasteiger partial charge in [0.15, 0.2) is 0 Å². The number of nitrogens with zero attached hydrogens (tertiary/aromatic N) is 1. The van der Waals surface area contributed by atoms with Crippen LogP contribution in [0.25, 0.3) is 0 Å². The van der Waals surface area contributed by atoms with Crippen molar-refractivity contribution in [3.8, 4) is 0 Å². The van der Waals surface area contributed by atoms with E-state index < -0.39 is 0 Å². The summed E-state index contributed by atoms with van der Waals surface area (Å²) in [6.45, 7) is 3.51. The average molecular weight is 95.1 g/mol. The van der Waals surface area contributed by atoms with Crippen LogP contribution in [0.15, 0.2) is 17.6 Å². The highest BCUT2D eigenvalue weighted by molar-refractivity contribution is 5.70. The Morgan fingerprint density at radius 3 is 2.71 bits per heavy atom. The Labute approximate surface area is 43.8 Å². The molecule has 1 saturated carbocycles. The molecular formula is C6H9N. The fourth-order valence-corrected chi connectivity index (χ4v) is 0.406. The van der Waals surface area contributed by atoms with E-state index in [4.69, 9.17) is 0 Å². The highest BCUT2D eigenvalue weighted by Crippen LogP contribution is 2.22. The lowest BCUT2D eigenvalue weighted by atomic mass is 10.7. The first kappa shape index (κ1) is 4.57. The third kappa shape index (κ3) is 1.53. The Balaban J connectivity index is 2.17. The lowest BCUT2D eigenvalue weighted by Gasteiger charge is -1.73. The number of allylic oxidation sites excluding steroid dienone is 1. The number of aliphatic imine (C=N–C) groups is 1. The van der Waals surface area contributed by atoms with E-state index >= 15 is 0 Å². The first-order chi connectivity index (χ1) is 3.43. The first-order valence-electron chi connectivity index (χ1n) is 2.57. The number of hydrogen-bond acceptors (Lipinski definition) is 1. The topological polar surface area (TPSA) is 12.4 Å². The molecule has 0 aromatic rings. The molecule has 1 fully saturated rings. The normalized spacial score (nSPS) is 20.6. The maximum Gasteiger partial charge on any atom is 0.0501 e. The summed E-state index contributed by atoms with van der Waals surface area (Å²) in [6.07, 6.45) is 6.06. The second kappa shape index (κ2) is 1.92. The van der Waals surface area contributed by atoms with Gasteiger partial charge >= 0.3 is 0 Å². The minimum atomic E-state index is 0.651. The van der Waals surface area contributed by atoms with Gasteiger partial charge in [0.05, 0.1) is 6.04 Å². The molecule has 0 radical (unpaired) electrons. The van der Waals surface area contributed by atoms with Crippen molar-refractivity contribution in [2.24, 2.45) is 4.99 Å². The van der Waals surface area contributed by atoms with Gasteiger partial charge in [-0.2, -0.15) is 0 Å². The zero-order valence-corrected chi connectivity index (χ0v) is 4.30. The van der Waals surface area contributed by atoms with E-state index in [1.807, 2.05) is 0 Å². The smallest absolute Gasteiger partial charge is 0.0501 e. The van der Waals surface area contributed by atoms with Gasteiger partial charge in [0.1, 0.15) is 0 Å². The van der Waals surface area contributed by atoms with Crippen molar-refractivity contribution in [1.82, 2.24) is 0 Å². The fraction of sp³-hybridized carbons (Fsp3) is 0.500. The Morgan fingerprint density at radius 2 is 2.29 bits per heavy atom. The summed E-state index contributed by atoms with van der Waals surface area (Å²) in [4.78, 5) is 4.11. The van der Waals surface area contributed by atoms with Crippen molar-refractivity contribution < 1.29 is 0 Å². The summed E-state index contributed by atoms with van der Waals surface area (Å²) in [5.74, 6) is 0. The monoisotopic (exact) mass is 95.1 g/mol. The summed E-state index contributed by atoms with van der Waals surface area (Å²) < 4.78 is 0. The molecule has 1 aliphatic carbocycles. The Morgan fingerprint density at radius 1 is 1.57 bits per heavy atom. The van der Waals surface area contributed by atoms with Gasteiger partial charge in [-0.05, 0) is 12.8 Å². The molecule has 0 aromatic heterocycles. The number of rotatable bonds is 2. The lowest BCUT2D eigenvalue weighted by molar-refractivity contribution is 1.08. The van der Waals surface area contributed by atoms with E-state index in [1.54, 1.807) is 12.3 Å². The number of hydrogen-bond donors (Lipinski definition) is 0. The van der Waals surface area contributed by atoms with Gasteiger partial charge in [0.2, 0.25) is 0 Å². The quantitative estimate of drug-likeness (QED) is 0.460. The van der Waals surface area contributed by atoms with Crippen LogP contribution in [0.4, 0.5) is 0 Å². The van der Waals surface area contributed by atoms with E-state index in [2.05, 4.69) is 11.6 Å². The lowest BCUT2D eigenvalue weighted by Crippen LogP contribution is -1.70. The highest BCUT2D eigenvalue weighted by Gasteiger charge is 2.18. The molecular weight excluding hydrogens is 86.1 g/mol. The zero-order chi connectivity index (χ0) is 5.11. The average Bonchev–Trinajstić information content (AvgIpc) is 2.42. The first-order valence-corrected chi connectivity index (χ1v) is 2.57. The fourth-order valence-electron chi connectivity index (χ4n) is 0.406. The van der Waals surface area contributed by atoms with Crippen LogP contribution in [0, 0.1) is 0 Å². The molecule has 1 aliphatic rings. The third-order valence-electron chi connectivity index (χ3n) is 0.949. The molecule has 0 aromatic carbocycles. The molecule has 0 unspecified atom stereocenters. The molecule has 0 heterocycles. The van der Waals surface area contributed by atoms with E-state index in [9.17, 15) is 0 Å². The van der Waals surface area contributed by atoms with Gasteiger partial charge < -0.3 is 0 Å². The van der Waals surface area contributed by atoms with Crippen LogP contribution in [0.3, 0.4) is 0 Å². The van der Waals surface area contributed by atoms with Crippen molar-refractivity contribution in [1.29, 1.82) is 0 Å². The van der Waals surface area contributed by atoms with Gasteiger partial charge in [0, 0.05) is 6.21 Å². The molecule has 0 spiro atoms. The van der Waals surface area contributed by atoms with E-state index in [0.29, 0.717) is 6.04 Å². The standard InChI is InChI=1S/C6H9N/c1-2-5-7-6-3-4-6/h2,5-6H,1,3-4H2. The summed E-state index contributed by atoms with van der Waals surface area (Å²) >= 11 is 0. The summed E-state index contributed by atoms with van der Waals surface area (Å²) in [7, 11) is 0. The third-order valence-corrected chi connectivity index (χ3v) is 0.949. The van der Waals surface area contributed by atoms with E-state index in [1.165, 1.54) is 12.8 Å². The van der Waals surface area contributed by atoms with Crippen LogP contribution >= 0.6 is 0 Å². The predicted octanol–water partition coefficient (Wildman–Crippen LogP) is 1.41. The van der Waals surface area contributed by atoms with Gasteiger partial charge in [-0.3, -0.25) is 4.99 Å². The van der Waals surface area contributed by atoms with Gasteiger partial charge in [-0.25, -0.2) is 0 Å². The Bertz CT molecular complexity index is 90.4. The minimum absolute atomic E-state index is 0.651. The van der Waals surface area contributed by atoms with Crippen molar-refractivity contribution in [2.75, 3.05) is 0 Å². The zero-order valence-electron chi connectivity index (χ0n) is 4.30. The molecule has 0 aliphatic heterocycles. The molecule has 1 nitrogen and oxygen atoms in total. The van der Waals surface area contributed by atoms with Crippen molar-refractivity contribution in [3.63, 3.8) is 0 Å². The molecule has 1 rings (SSSR count). The molecule has 0 bridgehead atoms. The molecule has 38 valence electrons. The van der Waals surface area contributed by atoms with Crippen molar-refractivity contribution in [2.45, 2.75) is 18.9 Å². The van der Waals surface area contributed by atoms with Crippen LogP contribution in [-0.4, -0.2) is 12.3 Å². The Hall–Kier alpha value is -0.590. The summed E-state index contributed by atoms with van der Waals surface area (Å²) in [5.41, 5.74) is 0. The SMILES string of the molecule is C=CC=NC1CC1. The Kier molecular flexibility index (Phi) is 1.25. The summed E-state index contributed by atoms with van der Waals surface area (Å²) in [6, 6.07) is 0.651.